The highest BCUT2D eigenvalue weighted by Gasteiger charge is 2.23. The van der Waals surface area contributed by atoms with Crippen LogP contribution in [0.2, 0.25) is 0 Å². The molecule has 0 bridgehead atoms. The minimum absolute atomic E-state index is 0.179. The van der Waals surface area contributed by atoms with Crippen LogP contribution >= 0.6 is 0 Å². The van der Waals surface area contributed by atoms with Gasteiger partial charge >= 0.3 is 11.9 Å². The third-order valence-corrected chi connectivity index (χ3v) is 4.10. The topological polar surface area (TPSA) is 118 Å². The van der Waals surface area contributed by atoms with Crippen LogP contribution in [-0.4, -0.2) is 29.2 Å². The molecule has 0 amide bonds. The van der Waals surface area contributed by atoms with Crippen molar-refractivity contribution in [2.24, 2.45) is 0 Å². The largest absolute Gasteiger partial charge is 0.465 e. The number of aromatic nitrogens is 2. The molecule has 142 valence electrons. The van der Waals surface area contributed by atoms with E-state index in [0.717, 1.165) is 0 Å². The van der Waals surface area contributed by atoms with Gasteiger partial charge in [-0.05, 0) is 31.2 Å². The number of pyridine rings is 1. The fourth-order valence-electron chi connectivity index (χ4n) is 2.76. The molecule has 4 aromatic rings. The van der Waals surface area contributed by atoms with Gasteiger partial charge in [-0.25, -0.2) is 14.6 Å². The van der Waals surface area contributed by atoms with Gasteiger partial charge in [-0.2, -0.15) is 0 Å². The average Bonchev–Trinajstić information content (AvgIpc) is 3.46. The van der Waals surface area contributed by atoms with Gasteiger partial charge in [-0.15, -0.1) is 0 Å². The van der Waals surface area contributed by atoms with E-state index >= 15 is 0 Å². The van der Waals surface area contributed by atoms with E-state index in [2.05, 4.69) is 14.9 Å². The molecule has 4 rings (SSSR count). The summed E-state index contributed by atoms with van der Waals surface area (Å²) < 4.78 is 25.8. The van der Waals surface area contributed by atoms with Crippen molar-refractivity contribution in [1.82, 2.24) is 10.1 Å². The number of methoxy groups -OCH3 is 1. The maximum absolute atomic E-state index is 12.8. The first-order chi connectivity index (χ1) is 13.6. The lowest BCUT2D eigenvalue weighted by Crippen LogP contribution is -2.09. The Morgan fingerprint density at radius 3 is 2.71 bits per heavy atom. The normalized spacial score (nSPS) is 10.9. The van der Waals surface area contributed by atoms with Gasteiger partial charge in [0.25, 0.3) is 5.71 Å². The van der Waals surface area contributed by atoms with Crippen molar-refractivity contribution in [2.75, 3.05) is 7.11 Å². The average molecular weight is 382 g/mol. The van der Waals surface area contributed by atoms with Crippen molar-refractivity contribution in [2.45, 2.75) is 13.5 Å². The fourth-order valence-corrected chi connectivity index (χ4v) is 2.76. The number of furan rings is 2. The van der Waals surface area contributed by atoms with E-state index in [0.29, 0.717) is 22.5 Å². The molecule has 0 N–H and O–H groups in total. The first-order valence-electron chi connectivity index (χ1n) is 8.21. The Hall–Kier alpha value is -3.88. The van der Waals surface area contributed by atoms with Gasteiger partial charge in [0.05, 0.1) is 36.3 Å². The molecule has 28 heavy (non-hydrogen) atoms. The molecule has 0 aliphatic rings. The van der Waals surface area contributed by atoms with Crippen LogP contribution in [0, 0.1) is 6.92 Å². The van der Waals surface area contributed by atoms with Crippen LogP contribution in [0.5, 0.6) is 0 Å². The van der Waals surface area contributed by atoms with Crippen molar-refractivity contribution in [3.05, 3.63) is 59.4 Å². The second kappa shape index (κ2) is 7.03. The number of carbonyl (C=O) groups excluding carboxylic acids is 2. The fraction of sp³-hybridized carbons (Fsp3) is 0.158. The molecule has 4 aromatic heterocycles. The number of esters is 2. The van der Waals surface area contributed by atoms with Gasteiger partial charge in [0.2, 0.25) is 0 Å². The van der Waals surface area contributed by atoms with Crippen LogP contribution in [0.3, 0.4) is 0 Å². The molecule has 0 saturated heterocycles. The van der Waals surface area contributed by atoms with E-state index < -0.39 is 11.9 Å². The lowest BCUT2D eigenvalue weighted by molar-refractivity contribution is 0.0434. The molecule has 0 aromatic carbocycles. The second-order valence-electron chi connectivity index (χ2n) is 5.81. The lowest BCUT2D eigenvalue weighted by atomic mass is 10.1. The summed E-state index contributed by atoms with van der Waals surface area (Å²) in [5.74, 6) is -0.595. The zero-order valence-electron chi connectivity index (χ0n) is 14.9. The van der Waals surface area contributed by atoms with Crippen molar-refractivity contribution in [3.8, 4) is 11.5 Å². The lowest BCUT2D eigenvalue weighted by Gasteiger charge is -2.07. The van der Waals surface area contributed by atoms with E-state index in [1.54, 1.807) is 19.1 Å². The predicted molar refractivity (Wildman–Crippen MR) is 93.4 cm³/mol. The number of hydrogen-bond acceptors (Lipinski definition) is 9. The maximum Gasteiger partial charge on any atom is 0.341 e. The predicted octanol–water partition coefficient (Wildman–Crippen LogP) is 3.53. The summed E-state index contributed by atoms with van der Waals surface area (Å²) in [6, 6.07) is 6.39. The zero-order valence-corrected chi connectivity index (χ0v) is 14.9. The molecule has 0 aliphatic carbocycles. The molecule has 0 unspecified atom stereocenters. The highest BCUT2D eigenvalue weighted by Crippen LogP contribution is 2.28. The van der Waals surface area contributed by atoms with E-state index in [1.807, 2.05) is 0 Å². The van der Waals surface area contributed by atoms with Gasteiger partial charge in [0.15, 0.2) is 18.1 Å². The van der Waals surface area contributed by atoms with Crippen LogP contribution in [0.25, 0.3) is 22.6 Å². The Balaban J connectivity index is 1.66. The van der Waals surface area contributed by atoms with Gasteiger partial charge < -0.3 is 22.8 Å². The molecule has 9 heteroatoms. The van der Waals surface area contributed by atoms with Crippen LogP contribution in [-0.2, 0) is 16.1 Å². The van der Waals surface area contributed by atoms with Gasteiger partial charge in [-0.1, -0.05) is 5.16 Å². The number of fused-ring (bicyclic) bond motifs is 1. The van der Waals surface area contributed by atoms with Crippen LogP contribution < -0.4 is 0 Å². The highest BCUT2D eigenvalue weighted by atomic mass is 16.5. The van der Waals surface area contributed by atoms with E-state index in [-0.39, 0.29) is 29.2 Å². The quantitative estimate of drug-likeness (QED) is 0.478. The summed E-state index contributed by atoms with van der Waals surface area (Å²) in [5.41, 5.74) is 1.48. The Morgan fingerprint density at radius 1 is 1.11 bits per heavy atom. The first-order valence-corrected chi connectivity index (χ1v) is 8.21. The summed E-state index contributed by atoms with van der Waals surface area (Å²) in [4.78, 5) is 28.8. The summed E-state index contributed by atoms with van der Waals surface area (Å²) in [5, 5.41) is 4.30. The van der Waals surface area contributed by atoms with Crippen LogP contribution in [0.1, 0.15) is 32.2 Å². The number of nitrogens with zero attached hydrogens (tertiary/aromatic N) is 2. The SMILES string of the molecule is COC(=O)c1ccoc1COC(=O)c1cc(-c2ccco2)nc2onc(C)c12. The van der Waals surface area contributed by atoms with Gasteiger partial charge in [-0.3, -0.25) is 0 Å². The van der Waals surface area contributed by atoms with Crippen molar-refractivity contribution in [3.63, 3.8) is 0 Å². The molecule has 9 nitrogen and oxygen atoms in total. The monoisotopic (exact) mass is 382 g/mol. The minimum atomic E-state index is -0.654. The summed E-state index contributed by atoms with van der Waals surface area (Å²) >= 11 is 0. The Bertz CT molecular complexity index is 1150. The Morgan fingerprint density at radius 2 is 1.96 bits per heavy atom. The number of ether oxygens (including phenoxy) is 2. The standard InChI is InChI=1S/C19H14N2O7/c1-10-16-12(8-13(14-4-3-6-25-14)20-17(16)28-21-10)19(23)27-9-15-11(5-7-26-15)18(22)24-2/h3-8H,9H2,1-2H3. The van der Waals surface area contributed by atoms with Crippen LogP contribution in [0.15, 0.2) is 50.1 Å². The van der Waals surface area contributed by atoms with Crippen molar-refractivity contribution in [1.29, 1.82) is 0 Å². The van der Waals surface area contributed by atoms with Crippen molar-refractivity contribution < 1.29 is 32.4 Å². The molecular weight excluding hydrogens is 368 g/mol. The third kappa shape index (κ3) is 3.02. The summed E-state index contributed by atoms with van der Waals surface area (Å²) in [6.07, 6.45) is 2.81. The summed E-state index contributed by atoms with van der Waals surface area (Å²) in [6.45, 7) is 1.44. The third-order valence-electron chi connectivity index (χ3n) is 4.10. The molecule has 0 fully saturated rings. The molecule has 0 atom stereocenters. The molecule has 0 spiro atoms. The molecule has 0 aliphatic heterocycles. The van der Waals surface area contributed by atoms with E-state index in [4.69, 9.17) is 18.1 Å². The van der Waals surface area contributed by atoms with E-state index in [1.165, 1.54) is 31.8 Å². The van der Waals surface area contributed by atoms with Gasteiger partial charge in [0.1, 0.15) is 11.3 Å². The minimum Gasteiger partial charge on any atom is -0.465 e. The molecule has 0 saturated carbocycles. The van der Waals surface area contributed by atoms with Crippen molar-refractivity contribution >= 4 is 23.0 Å². The van der Waals surface area contributed by atoms with E-state index in [9.17, 15) is 9.59 Å². The molecule has 4 heterocycles. The highest BCUT2D eigenvalue weighted by molar-refractivity contribution is 6.04. The molecule has 0 radical (unpaired) electrons. The Kier molecular flexibility index (Phi) is 4.40. The number of rotatable bonds is 5. The number of carbonyl (C=O) groups is 2. The van der Waals surface area contributed by atoms with Gasteiger partial charge in [0, 0.05) is 0 Å². The second-order valence-corrected chi connectivity index (χ2v) is 5.81. The smallest absolute Gasteiger partial charge is 0.341 e. The summed E-state index contributed by atoms with van der Waals surface area (Å²) in [7, 11) is 1.25. The zero-order chi connectivity index (χ0) is 19.7. The number of aryl methyl sites for hydroxylation is 1. The first kappa shape index (κ1) is 17.5. The maximum atomic E-state index is 12.8. The van der Waals surface area contributed by atoms with Crippen LogP contribution in [0.4, 0.5) is 0 Å². The number of hydrogen-bond donors (Lipinski definition) is 0. The molecular formula is C19H14N2O7. The Labute approximate surface area is 157 Å².